The highest BCUT2D eigenvalue weighted by atomic mass is 79.9. The quantitative estimate of drug-likeness (QED) is 0.625. The zero-order valence-electron chi connectivity index (χ0n) is 16.1. The van der Waals surface area contributed by atoms with E-state index in [2.05, 4.69) is 21.2 Å². The van der Waals surface area contributed by atoms with E-state index >= 15 is 0 Å². The predicted molar refractivity (Wildman–Crippen MR) is 109 cm³/mol. The summed E-state index contributed by atoms with van der Waals surface area (Å²) in [5.74, 6) is -1.13. The smallest absolute Gasteiger partial charge is 0.408 e. The first-order valence-electron chi connectivity index (χ1n) is 9.29. The highest BCUT2D eigenvalue weighted by Crippen LogP contribution is 2.37. The summed E-state index contributed by atoms with van der Waals surface area (Å²) in [4.78, 5) is 24.7. The molecular weight excluding hydrogens is 410 g/mol. The molecule has 0 aromatic heterocycles. The van der Waals surface area contributed by atoms with E-state index in [9.17, 15) is 14.7 Å². The fourth-order valence-electron chi connectivity index (χ4n) is 3.49. The molecule has 1 atom stereocenters. The summed E-state index contributed by atoms with van der Waals surface area (Å²) in [6.07, 6.45) is 6.76. The molecule has 1 aliphatic rings. The number of carbonyl (C=O) groups excluding carboxylic acids is 1. The molecule has 0 heterocycles. The van der Waals surface area contributed by atoms with E-state index in [0.717, 1.165) is 35.7 Å². The molecule has 0 spiro atoms. The molecule has 1 fully saturated rings. The van der Waals surface area contributed by atoms with Gasteiger partial charge in [-0.1, -0.05) is 53.1 Å². The Hall–Kier alpha value is -1.82. The van der Waals surface area contributed by atoms with Crippen LogP contribution in [0.2, 0.25) is 0 Å². The fourth-order valence-corrected chi connectivity index (χ4v) is 3.76. The van der Waals surface area contributed by atoms with Gasteiger partial charge in [-0.05, 0) is 63.6 Å². The monoisotopic (exact) mass is 437 g/mol. The highest BCUT2D eigenvalue weighted by Gasteiger charge is 2.48. The van der Waals surface area contributed by atoms with Gasteiger partial charge in [0.15, 0.2) is 0 Å². The lowest BCUT2D eigenvalue weighted by molar-refractivity contribution is -0.147. The first kappa shape index (κ1) is 21.5. The van der Waals surface area contributed by atoms with Crippen LogP contribution in [0.3, 0.4) is 0 Å². The van der Waals surface area contributed by atoms with E-state index < -0.39 is 23.2 Å². The molecule has 0 aliphatic heterocycles. The number of nitrogens with one attached hydrogen (secondary N) is 1. The topological polar surface area (TPSA) is 75.6 Å². The van der Waals surface area contributed by atoms with Crippen molar-refractivity contribution >= 4 is 34.1 Å². The molecule has 1 amide bonds. The lowest BCUT2D eigenvalue weighted by Crippen LogP contribution is -2.59. The van der Waals surface area contributed by atoms with E-state index in [1.165, 1.54) is 0 Å². The molecular formula is C21H28BrNO4. The molecule has 6 heteroatoms. The Morgan fingerprint density at radius 1 is 1.22 bits per heavy atom. The molecule has 2 rings (SSSR count). The van der Waals surface area contributed by atoms with Crippen LogP contribution < -0.4 is 5.32 Å². The van der Waals surface area contributed by atoms with Gasteiger partial charge >= 0.3 is 12.1 Å². The molecule has 1 aliphatic carbocycles. The molecule has 1 aromatic carbocycles. The number of rotatable bonds is 6. The molecule has 0 saturated heterocycles. The highest BCUT2D eigenvalue weighted by molar-refractivity contribution is 9.10. The summed E-state index contributed by atoms with van der Waals surface area (Å²) in [5, 5.41) is 12.8. The second-order valence-corrected chi connectivity index (χ2v) is 8.96. The summed E-state index contributed by atoms with van der Waals surface area (Å²) in [6, 6.07) is 7.75. The largest absolute Gasteiger partial charge is 0.479 e. The second kappa shape index (κ2) is 8.91. The molecule has 5 nitrogen and oxygen atoms in total. The first-order valence-corrected chi connectivity index (χ1v) is 10.1. The Kier molecular flexibility index (Phi) is 7.09. The Balaban J connectivity index is 2.23. The van der Waals surface area contributed by atoms with Crippen LogP contribution in [-0.4, -0.2) is 28.3 Å². The molecule has 0 bridgehead atoms. The minimum absolute atomic E-state index is 0.114. The van der Waals surface area contributed by atoms with Gasteiger partial charge in [0.1, 0.15) is 11.1 Å². The van der Waals surface area contributed by atoms with Gasteiger partial charge in [0.25, 0.3) is 0 Å². The average molecular weight is 438 g/mol. The van der Waals surface area contributed by atoms with Crippen molar-refractivity contribution in [2.75, 3.05) is 0 Å². The molecule has 1 saturated carbocycles. The minimum Gasteiger partial charge on any atom is -0.479 e. The number of ether oxygens (including phenoxy) is 1. The molecule has 1 aromatic rings. The lowest BCUT2D eigenvalue weighted by atomic mass is 9.79. The van der Waals surface area contributed by atoms with Gasteiger partial charge in [-0.3, -0.25) is 0 Å². The standard InChI is InChI=1S/C21H28BrNO4/c1-20(2,3)27-19(26)23-21(18(24)25,16-8-4-5-9-16)14-6-7-15-10-12-17(22)13-11-15/h6-7,10-13,16H,4-5,8-9,14H2,1-3H3,(H,23,26)(H,24,25)/t21-/m0/s1. The van der Waals surface area contributed by atoms with Crippen molar-refractivity contribution in [1.29, 1.82) is 0 Å². The predicted octanol–water partition coefficient (Wildman–Crippen LogP) is 5.39. The first-order chi connectivity index (χ1) is 12.6. The van der Waals surface area contributed by atoms with Crippen LogP contribution in [0.5, 0.6) is 0 Å². The Labute approximate surface area is 169 Å². The summed E-state index contributed by atoms with van der Waals surface area (Å²) in [5.41, 5.74) is -1.07. The Bertz CT molecular complexity index is 687. The number of hydrogen-bond acceptors (Lipinski definition) is 3. The third-order valence-corrected chi connectivity index (χ3v) is 5.31. The fraction of sp³-hybridized carbons (Fsp3) is 0.524. The van der Waals surface area contributed by atoms with Gasteiger partial charge in [0.2, 0.25) is 0 Å². The number of hydrogen-bond donors (Lipinski definition) is 2. The maximum atomic E-state index is 12.4. The normalized spacial score (nSPS) is 17.6. The molecule has 0 unspecified atom stereocenters. The van der Waals surface area contributed by atoms with Crippen LogP contribution in [0.15, 0.2) is 34.8 Å². The maximum absolute atomic E-state index is 12.4. The zero-order valence-corrected chi connectivity index (χ0v) is 17.7. The number of carboxylic acids is 1. The number of benzene rings is 1. The summed E-state index contributed by atoms with van der Waals surface area (Å²) in [7, 11) is 0. The van der Waals surface area contributed by atoms with Gasteiger partial charge in [-0.2, -0.15) is 0 Å². The van der Waals surface area contributed by atoms with E-state index in [4.69, 9.17) is 4.74 Å². The number of aliphatic carboxylic acids is 1. The third-order valence-electron chi connectivity index (χ3n) is 4.78. The van der Waals surface area contributed by atoms with Crippen molar-refractivity contribution in [2.24, 2.45) is 5.92 Å². The van der Waals surface area contributed by atoms with Crippen molar-refractivity contribution < 1.29 is 19.4 Å². The average Bonchev–Trinajstić information content (AvgIpc) is 3.08. The van der Waals surface area contributed by atoms with E-state index in [1.807, 2.05) is 36.4 Å². The third kappa shape index (κ3) is 6.09. The van der Waals surface area contributed by atoms with Crippen molar-refractivity contribution in [3.05, 3.63) is 40.4 Å². The number of halogens is 1. The zero-order chi connectivity index (χ0) is 20.1. The Morgan fingerprint density at radius 2 is 1.81 bits per heavy atom. The van der Waals surface area contributed by atoms with Gasteiger partial charge in [0.05, 0.1) is 0 Å². The van der Waals surface area contributed by atoms with E-state index in [0.29, 0.717) is 0 Å². The van der Waals surface area contributed by atoms with Gasteiger partial charge in [-0.25, -0.2) is 9.59 Å². The second-order valence-electron chi connectivity index (χ2n) is 8.04. The number of carbonyl (C=O) groups is 2. The van der Waals surface area contributed by atoms with Crippen molar-refractivity contribution in [3.8, 4) is 0 Å². The lowest BCUT2D eigenvalue weighted by Gasteiger charge is -2.36. The number of alkyl carbamates (subject to hydrolysis) is 1. The van der Waals surface area contributed by atoms with Crippen LogP contribution in [0.4, 0.5) is 4.79 Å². The SMILES string of the molecule is CC(C)(C)OC(=O)N[C@](CC=Cc1ccc(Br)cc1)(C(=O)O)C1CCCC1. The van der Waals surface area contributed by atoms with E-state index in [-0.39, 0.29) is 12.3 Å². The minimum atomic E-state index is -1.36. The van der Waals surface area contributed by atoms with Crippen molar-refractivity contribution in [3.63, 3.8) is 0 Å². The summed E-state index contributed by atoms with van der Waals surface area (Å²) < 4.78 is 6.32. The van der Waals surface area contributed by atoms with E-state index in [1.54, 1.807) is 20.8 Å². The molecule has 0 radical (unpaired) electrons. The molecule has 148 valence electrons. The number of amides is 1. The van der Waals surface area contributed by atoms with Crippen LogP contribution in [0.1, 0.15) is 58.4 Å². The van der Waals surface area contributed by atoms with Gasteiger partial charge in [-0.15, -0.1) is 0 Å². The molecule has 2 N–H and O–H groups in total. The summed E-state index contributed by atoms with van der Waals surface area (Å²) in [6.45, 7) is 5.29. The maximum Gasteiger partial charge on any atom is 0.408 e. The van der Waals surface area contributed by atoms with Crippen LogP contribution in [0, 0.1) is 5.92 Å². The molecule has 27 heavy (non-hydrogen) atoms. The van der Waals surface area contributed by atoms with Crippen LogP contribution in [0.25, 0.3) is 6.08 Å². The van der Waals surface area contributed by atoms with Gasteiger partial charge in [0, 0.05) is 4.47 Å². The van der Waals surface area contributed by atoms with Crippen molar-refractivity contribution in [2.45, 2.75) is 64.0 Å². The Morgan fingerprint density at radius 3 is 2.33 bits per heavy atom. The van der Waals surface area contributed by atoms with Crippen LogP contribution in [-0.2, 0) is 9.53 Å². The number of carboxylic acid groups (broad SMARTS) is 1. The van der Waals surface area contributed by atoms with Crippen LogP contribution >= 0.6 is 15.9 Å². The van der Waals surface area contributed by atoms with Gasteiger partial charge < -0.3 is 15.2 Å². The summed E-state index contributed by atoms with van der Waals surface area (Å²) >= 11 is 3.40. The van der Waals surface area contributed by atoms with Crippen molar-refractivity contribution in [1.82, 2.24) is 5.32 Å².